The van der Waals surface area contributed by atoms with E-state index in [0.29, 0.717) is 5.56 Å². The van der Waals surface area contributed by atoms with E-state index < -0.39 is 6.43 Å². The summed E-state index contributed by atoms with van der Waals surface area (Å²) < 4.78 is 24.4. The number of pyridine rings is 1. The van der Waals surface area contributed by atoms with E-state index in [1.807, 2.05) is 6.92 Å². The molecule has 1 aromatic rings. The molecule has 0 saturated carbocycles. The van der Waals surface area contributed by atoms with Gasteiger partial charge in [-0.05, 0) is 24.5 Å². The van der Waals surface area contributed by atoms with Crippen molar-refractivity contribution in [3.63, 3.8) is 0 Å². The summed E-state index contributed by atoms with van der Waals surface area (Å²) in [4.78, 5) is 3.70. The van der Waals surface area contributed by atoms with Crippen molar-refractivity contribution in [2.75, 3.05) is 0 Å². The van der Waals surface area contributed by atoms with Gasteiger partial charge in [-0.1, -0.05) is 13.0 Å². The fourth-order valence-corrected chi connectivity index (χ4v) is 1.07. The van der Waals surface area contributed by atoms with Crippen LogP contribution in [-0.4, -0.2) is 4.98 Å². The summed E-state index contributed by atoms with van der Waals surface area (Å²) in [6, 6.07) is 1.76. The van der Waals surface area contributed by atoms with Crippen LogP contribution in [0, 0.1) is 6.92 Å². The number of halogens is 2. The van der Waals surface area contributed by atoms with E-state index in [1.54, 1.807) is 13.0 Å². The third kappa shape index (κ3) is 1.78. The van der Waals surface area contributed by atoms with E-state index in [4.69, 9.17) is 0 Å². The molecule has 1 heterocycles. The van der Waals surface area contributed by atoms with Gasteiger partial charge in [0.05, 0.1) is 0 Å². The molecule has 1 aromatic heterocycles. The predicted octanol–water partition coefficient (Wildman–Crippen LogP) is 2.89. The highest BCUT2D eigenvalue weighted by Gasteiger charge is 2.11. The highest BCUT2D eigenvalue weighted by Crippen LogP contribution is 2.20. The van der Waals surface area contributed by atoms with Crippen LogP contribution in [0.1, 0.15) is 30.2 Å². The molecule has 0 fully saturated rings. The Kier molecular flexibility index (Phi) is 2.74. The van der Waals surface area contributed by atoms with Crippen molar-refractivity contribution < 1.29 is 8.78 Å². The Balaban J connectivity index is 3.03. The van der Waals surface area contributed by atoms with Gasteiger partial charge in [0.25, 0.3) is 6.43 Å². The maximum absolute atomic E-state index is 12.2. The minimum atomic E-state index is -2.46. The zero-order valence-corrected chi connectivity index (χ0v) is 7.14. The topological polar surface area (TPSA) is 12.9 Å². The maximum Gasteiger partial charge on any atom is 0.280 e. The van der Waals surface area contributed by atoms with E-state index in [0.717, 1.165) is 12.0 Å². The molecule has 0 saturated heterocycles. The molecule has 3 heteroatoms. The fraction of sp³-hybridized carbons (Fsp3) is 0.444. The highest BCUT2D eigenvalue weighted by atomic mass is 19.3. The van der Waals surface area contributed by atoms with Crippen LogP contribution < -0.4 is 0 Å². The number of rotatable bonds is 2. The van der Waals surface area contributed by atoms with Gasteiger partial charge in [0.1, 0.15) is 5.69 Å². The van der Waals surface area contributed by atoms with Crippen molar-refractivity contribution in [2.45, 2.75) is 26.7 Å². The fourth-order valence-electron chi connectivity index (χ4n) is 1.07. The molecule has 1 nitrogen and oxygen atoms in total. The Hall–Kier alpha value is -0.990. The van der Waals surface area contributed by atoms with Gasteiger partial charge in [-0.25, -0.2) is 8.78 Å². The first kappa shape index (κ1) is 9.10. The van der Waals surface area contributed by atoms with E-state index in [9.17, 15) is 8.78 Å². The molecule has 0 aliphatic carbocycles. The van der Waals surface area contributed by atoms with Gasteiger partial charge in [-0.2, -0.15) is 0 Å². The van der Waals surface area contributed by atoms with E-state index in [1.165, 1.54) is 6.20 Å². The van der Waals surface area contributed by atoms with Crippen molar-refractivity contribution in [3.05, 3.63) is 29.1 Å². The zero-order valence-electron chi connectivity index (χ0n) is 7.14. The molecule has 0 aliphatic heterocycles. The Morgan fingerprint density at radius 3 is 2.58 bits per heavy atom. The smallest absolute Gasteiger partial charge is 0.255 e. The van der Waals surface area contributed by atoms with E-state index in [2.05, 4.69) is 4.98 Å². The first-order valence-corrected chi connectivity index (χ1v) is 3.88. The lowest BCUT2D eigenvalue weighted by molar-refractivity contribution is 0.145. The van der Waals surface area contributed by atoms with Crippen LogP contribution in [0.25, 0.3) is 0 Å². The van der Waals surface area contributed by atoms with Crippen LogP contribution in [0.15, 0.2) is 12.3 Å². The molecule has 0 unspecified atom stereocenters. The zero-order chi connectivity index (χ0) is 9.14. The summed E-state index contributed by atoms with van der Waals surface area (Å²) in [5, 5.41) is 0. The van der Waals surface area contributed by atoms with Crippen molar-refractivity contribution in [1.29, 1.82) is 0 Å². The summed E-state index contributed by atoms with van der Waals surface area (Å²) in [5.74, 6) is 0. The summed E-state index contributed by atoms with van der Waals surface area (Å²) >= 11 is 0. The molecule has 12 heavy (non-hydrogen) atoms. The molecule has 0 bridgehead atoms. The van der Waals surface area contributed by atoms with Gasteiger partial charge >= 0.3 is 0 Å². The molecule has 1 rings (SSSR count). The highest BCUT2D eigenvalue weighted by molar-refractivity contribution is 5.24. The van der Waals surface area contributed by atoms with Crippen molar-refractivity contribution in [1.82, 2.24) is 4.98 Å². The minimum absolute atomic E-state index is 0.104. The van der Waals surface area contributed by atoms with Gasteiger partial charge in [0.15, 0.2) is 0 Å². The number of hydrogen-bond acceptors (Lipinski definition) is 1. The number of hydrogen-bond donors (Lipinski definition) is 0. The molecule has 0 radical (unpaired) electrons. The van der Waals surface area contributed by atoms with E-state index >= 15 is 0 Å². The third-order valence-electron chi connectivity index (χ3n) is 1.79. The summed E-state index contributed by atoms with van der Waals surface area (Å²) in [7, 11) is 0. The molecular weight excluding hydrogens is 160 g/mol. The number of alkyl halides is 2. The van der Waals surface area contributed by atoms with Gasteiger partial charge in [0.2, 0.25) is 0 Å². The quantitative estimate of drug-likeness (QED) is 0.666. The first-order chi connectivity index (χ1) is 5.65. The van der Waals surface area contributed by atoms with Crippen LogP contribution in [0.4, 0.5) is 8.78 Å². The lowest BCUT2D eigenvalue weighted by atomic mass is 10.1. The van der Waals surface area contributed by atoms with Gasteiger partial charge in [0, 0.05) is 6.20 Å². The average molecular weight is 171 g/mol. The summed E-state index contributed by atoms with van der Waals surface area (Å²) in [6.07, 6.45) is -0.123. The maximum atomic E-state index is 12.2. The normalized spacial score (nSPS) is 10.8. The second-order valence-corrected chi connectivity index (χ2v) is 2.70. The van der Waals surface area contributed by atoms with Gasteiger partial charge in [-0.15, -0.1) is 0 Å². The monoisotopic (exact) mass is 171 g/mol. The number of aromatic nitrogens is 1. The lowest BCUT2D eigenvalue weighted by Gasteiger charge is -2.04. The molecule has 0 aromatic carbocycles. The standard InChI is InChI=1S/C9H11F2N/c1-3-7-4-6(2)8(9(10)11)12-5-7/h4-5,9H,3H2,1-2H3. The molecule has 0 spiro atoms. The van der Waals surface area contributed by atoms with Crippen LogP contribution in [0.5, 0.6) is 0 Å². The van der Waals surface area contributed by atoms with Crippen LogP contribution in [0.2, 0.25) is 0 Å². The Morgan fingerprint density at radius 2 is 2.17 bits per heavy atom. The summed E-state index contributed by atoms with van der Waals surface area (Å²) in [6.45, 7) is 3.63. The summed E-state index contributed by atoms with van der Waals surface area (Å²) in [5.41, 5.74) is 1.47. The van der Waals surface area contributed by atoms with Crippen molar-refractivity contribution in [2.24, 2.45) is 0 Å². The minimum Gasteiger partial charge on any atom is -0.255 e. The largest absolute Gasteiger partial charge is 0.280 e. The van der Waals surface area contributed by atoms with Crippen molar-refractivity contribution >= 4 is 0 Å². The Labute approximate surface area is 70.4 Å². The Bertz CT molecular complexity index is 271. The average Bonchev–Trinajstić information content (AvgIpc) is 2.03. The van der Waals surface area contributed by atoms with Crippen molar-refractivity contribution in [3.8, 4) is 0 Å². The van der Waals surface area contributed by atoms with Gasteiger partial charge in [-0.3, -0.25) is 4.98 Å². The van der Waals surface area contributed by atoms with Crippen LogP contribution >= 0.6 is 0 Å². The molecule has 0 atom stereocenters. The molecule has 0 aliphatic rings. The third-order valence-corrected chi connectivity index (χ3v) is 1.79. The Morgan fingerprint density at radius 1 is 1.50 bits per heavy atom. The second kappa shape index (κ2) is 3.61. The van der Waals surface area contributed by atoms with Crippen LogP contribution in [-0.2, 0) is 6.42 Å². The molecule has 66 valence electrons. The first-order valence-electron chi connectivity index (χ1n) is 3.88. The van der Waals surface area contributed by atoms with Crippen LogP contribution in [0.3, 0.4) is 0 Å². The lowest BCUT2D eigenvalue weighted by Crippen LogP contribution is -1.95. The van der Waals surface area contributed by atoms with Gasteiger partial charge < -0.3 is 0 Å². The van der Waals surface area contributed by atoms with E-state index in [-0.39, 0.29) is 5.69 Å². The second-order valence-electron chi connectivity index (χ2n) is 2.70. The molecular formula is C9H11F2N. The molecule has 0 N–H and O–H groups in total. The number of nitrogens with zero attached hydrogens (tertiary/aromatic N) is 1. The molecule has 0 amide bonds. The SMILES string of the molecule is CCc1cnc(C(F)F)c(C)c1. The number of aryl methyl sites for hydroxylation is 2. The predicted molar refractivity (Wildman–Crippen MR) is 43.3 cm³/mol.